The van der Waals surface area contributed by atoms with E-state index in [1.807, 2.05) is 40.0 Å². The van der Waals surface area contributed by atoms with Gasteiger partial charge in [0.1, 0.15) is 5.60 Å². The van der Waals surface area contributed by atoms with Crippen molar-refractivity contribution >= 4 is 33.7 Å². The number of benzene rings is 1. The number of nitrogens with one attached hydrogen (secondary N) is 1. The summed E-state index contributed by atoms with van der Waals surface area (Å²) in [5.41, 5.74) is 0.777. The summed E-state index contributed by atoms with van der Waals surface area (Å²) < 4.78 is 6.32. The quantitative estimate of drug-likeness (QED) is 0.653. The minimum atomic E-state index is -0.422. The first-order valence-electron chi connectivity index (χ1n) is 6.09. The summed E-state index contributed by atoms with van der Waals surface area (Å²) in [4.78, 5) is 12.7. The minimum absolute atomic E-state index is 0.187. The van der Waals surface area contributed by atoms with Crippen LogP contribution in [-0.2, 0) is 16.1 Å². The predicted molar refractivity (Wildman–Crippen MR) is 83.5 cm³/mol. The first-order valence-corrected chi connectivity index (χ1v) is 7.87. The van der Waals surface area contributed by atoms with Crippen molar-refractivity contribution in [3.63, 3.8) is 0 Å². The van der Waals surface area contributed by atoms with Crippen LogP contribution in [0.15, 0.2) is 27.6 Å². The zero-order chi connectivity index (χ0) is 14.5. The van der Waals surface area contributed by atoms with Gasteiger partial charge in [-0.3, -0.25) is 4.79 Å². The molecule has 0 aliphatic heterocycles. The molecule has 0 aromatic heterocycles. The second kappa shape index (κ2) is 7.31. The lowest BCUT2D eigenvalue weighted by Crippen LogP contribution is -2.24. The van der Waals surface area contributed by atoms with E-state index < -0.39 is 5.60 Å². The third kappa shape index (κ3) is 6.45. The lowest BCUT2D eigenvalue weighted by atomic mass is 10.2. The summed E-state index contributed by atoms with van der Waals surface area (Å²) in [6.45, 7) is 6.44. The number of ether oxygens (including phenoxy) is 1. The van der Waals surface area contributed by atoms with Crippen LogP contribution in [0.1, 0.15) is 26.3 Å². The van der Waals surface area contributed by atoms with E-state index in [1.165, 1.54) is 17.3 Å². The molecule has 0 bridgehead atoms. The van der Waals surface area contributed by atoms with Crippen LogP contribution >= 0.6 is 27.7 Å². The fraction of sp³-hybridized carbons (Fsp3) is 0.500. The fourth-order valence-electron chi connectivity index (χ4n) is 1.46. The molecule has 0 spiro atoms. The SMILES string of the molecule is CNCc1ccc(SCC(=O)OC(C)(C)C)cc1Br. The number of hydrogen-bond acceptors (Lipinski definition) is 4. The van der Waals surface area contributed by atoms with E-state index >= 15 is 0 Å². The molecule has 1 aromatic carbocycles. The van der Waals surface area contributed by atoms with Crippen LogP contribution < -0.4 is 5.32 Å². The molecule has 1 rings (SSSR count). The van der Waals surface area contributed by atoms with Gasteiger partial charge >= 0.3 is 5.97 Å². The zero-order valence-corrected chi connectivity index (χ0v) is 14.2. The van der Waals surface area contributed by atoms with Crippen molar-refractivity contribution in [1.82, 2.24) is 5.32 Å². The summed E-state index contributed by atoms with van der Waals surface area (Å²) in [5.74, 6) is 0.141. The number of hydrogen-bond donors (Lipinski definition) is 1. The topological polar surface area (TPSA) is 38.3 Å². The van der Waals surface area contributed by atoms with Crippen LogP contribution in [0.25, 0.3) is 0 Å². The normalized spacial score (nSPS) is 11.4. The Morgan fingerprint density at radius 1 is 1.42 bits per heavy atom. The molecule has 0 unspecified atom stereocenters. The molecule has 0 aliphatic rings. The fourth-order valence-corrected chi connectivity index (χ4v) is 2.84. The molecule has 0 aliphatic carbocycles. The monoisotopic (exact) mass is 345 g/mol. The third-order valence-electron chi connectivity index (χ3n) is 2.17. The van der Waals surface area contributed by atoms with Crippen LogP contribution in [0.5, 0.6) is 0 Å². The van der Waals surface area contributed by atoms with Gasteiger partial charge in [0, 0.05) is 15.9 Å². The van der Waals surface area contributed by atoms with Crippen molar-refractivity contribution in [2.24, 2.45) is 0 Å². The van der Waals surface area contributed by atoms with E-state index in [0.717, 1.165) is 15.9 Å². The van der Waals surface area contributed by atoms with Gasteiger partial charge in [-0.05, 0) is 45.5 Å². The minimum Gasteiger partial charge on any atom is -0.459 e. The Bertz CT molecular complexity index is 444. The molecule has 0 radical (unpaired) electrons. The average Bonchev–Trinajstić information content (AvgIpc) is 2.27. The molecule has 0 saturated heterocycles. The summed E-state index contributed by atoms with van der Waals surface area (Å²) in [6, 6.07) is 6.10. The Kier molecular flexibility index (Phi) is 6.36. The van der Waals surface area contributed by atoms with E-state index in [1.54, 1.807) is 0 Å². The zero-order valence-electron chi connectivity index (χ0n) is 11.7. The first-order chi connectivity index (χ1) is 8.81. The molecule has 0 amide bonds. The summed E-state index contributed by atoms with van der Waals surface area (Å²) >= 11 is 5.02. The van der Waals surface area contributed by atoms with Gasteiger partial charge in [0.05, 0.1) is 5.75 Å². The van der Waals surface area contributed by atoms with Gasteiger partial charge in [-0.15, -0.1) is 11.8 Å². The molecule has 0 fully saturated rings. The maximum Gasteiger partial charge on any atom is 0.316 e. The Morgan fingerprint density at radius 2 is 2.11 bits per heavy atom. The molecule has 3 nitrogen and oxygen atoms in total. The molecular formula is C14H20BrNO2S. The molecule has 106 valence electrons. The van der Waals surface area contributed by atoms with Crippen molar-refractivity contribution < 1.29 is 9.53 Å². The van der Waals surface area contributed by atoms with Crippen LogP contribution in [0.4, 0.5) is 0 Å². The molecule has 5 heteroatoms. The largest absolute Gasteiger partial charge is 0.459 e. The Balaban J connectivity index is 2.54. The average molecular weight is 346 g/mol. The van der Waals surface area contributed by atoms with Gasteiger partial charge in [0.15, 0.2) is 0 Å². The van der Waals surface area contributed by atoms with E-state index in [-0.39, 0.29) is 5.97 Å². The number of carbonyl (C=O) groups is 1. The van der Waals surface area contributed by atoms with Crippen LogP contribution in [-0.4, -0.2) is 24.4 Å². The Morgan fingerprint density at radius 3 is 2.63 bits per heavy atom. The van der Waals surface area contributed by atoms with Crippen molar-refractivity contribution in [2.45, 2.75) is 37.8 Å². The molecule has 19 heavy (non-hydrogen) atoms. The standard InChI is InChI=1S/C14H20BrNO2S/c1-14(2,3)18-13(17)9-19-11-6-5-10(8-16-4)12(15)7-11/h5-7,16H,8-9H2,1-4H3. The van der Waals surface area contributed by atoms with Gasteiger partial charge in [-0.25, -0.2) is 0 Å². The highest BCUT2D eigenvalue weighted by molar-refractivity contribution is 9.10. The summed E-state index contributed by atoms with van der Waals surface area (Å²) in [7, 11) is 1.91. The molecule has 0 heterocycles. The van der Waals surface area contributed by atoms with Crippen molar-refractivity contribution in [1.29, 1.82) is 0 Å². The van der Waals surface area contributed by atoms with Crippen LogP contribution in [0.2, 0.25) is 0 Å². The van der Waals surface area contributed by atoms with E-state index in [9.17, 15) is 4.79 Å². The highest BCUT2D eigenvalue weighted by atomic mass is 79.9. The van der Waals surface area contributed by atoms with Gasteiger partial charge in [0.2, 0.25) is 0 Å². The van der Waals surface area contributed by atoms with Crippen LogP contribution in [0.3, 0.4) is 0 Å². The highest BCUT2D eigenvalue weighted by Crippen LogP contribution is 2.25. The lowest BCUT2D eigenvalue weighted by Gasteiger charge is -2.19. The number of halogens is 1. The second-order valence-electron chi connectivity index (χ2n) is 5.16. The summed E-state index contributed by atoms with van der Waals surface area (Å²) in [5, 5.41) is 3.11. The van der Waals surface area contributed by atoms with E-state index in [0.29, 0.717) is 5.75 Å². The number of rotatable bonds is 5. The number of esters is 1. The smallest absolute Gasteiger partial charge is 0.316 e. The lowest BCUT2D eigenvalue weighted by molar-refractivity contribution is -0.151. The van der Waals surface area contributed by atoms with Crippen molar-refractivity contribution in [2.75, 3.05) is 12.8 Å². The second-order valence-corrected chi connectivity index (χ2v) is 7.06. The molecule has 1 aromatic rings. The van der Waals surface area contributed by atoms with E-state index in [2.05, 4.69) is 27.3 Å². The van der Waals surface area contributed by atoms with Gasteiger partial charge < -0.3 is 10.1 Å². The number of carbonyl (C=O) groups excluding carboxylic acids is 1. The maximum absolute atomic E-state index is 11.6. The maximum atomic E-state index is 11.6. The van der Waals surface area contributed by atoms with Crippen molar-refractivity contribution in [3.05, 3.63) is 28.2 Å². The molecule has 0 atom stereocenters. The molecular weight excluding hydrogens is 326 g/mol. The van der Waals surface area contributed by atoms with Gasteiger partial charge in [0.25, 0.3) is 0 Å². The first kappa shape index (κ1) is 16.5. The molecule has 0 saturated carbocycles. The van der Waals surface area contributed by atoms with Gasteiger partial charge in [-0.1, -0.05) is 22.0 Å². The Labute approximate surface area is 127 Å². The van der Waals surface area contributed by atoms with Gasteiger partial charge in [-0.2, -0.15) is 0 Å². The highest BCUT2D eigenvalue weighted by Gasteiger charge is 2.16. The summed E-state index contributed by atoms with van der Waals surface area (Å²) in [6.07, 6.45) is 0. The third-order valence-corrected chi connectivity index (χ3v) is 3.87. The molecule has 1 N–H and O–H groups in total. The number of thioether (sulfide) groups is 1. The Hall–Kier alpha value is -0.520. The predicted octanol–water partition coefficient (Wildman–Crippen LogP) is 3.60. The van der Waals surface area contributed by atoms with E-state index in [4.69, 9.17) is 4.74 Å². The van der Waals surface area contributed by atoms with Crippen LogP contribution in [0, 0.1) is 0 Å². The van der Waals surface area contributed by atoms with Crippen molar-refractivity contribution in [3.8, 4) is 0 Å².